The summed E-state index contributed by atoms with van der Waals surface area (Å²) in [4.78, 5) is 20.1. The number of amides is 1. The molecule has 27 heavy (non-hydrogen) atoms. The molecule has 0 aliphatic rings. The molecule has 0 saturated heterocycles. The zero-order valence-electron chi connectivity index (χ0n) is 16.1. The van der Waals surface area contributed by atoms with Crippen molar-refractivity contribution in [3.63, 3.8) is 0 Å². The van der Waals surface area contributed by atoms with Crippen molar-refractivity contribution in [2.75, 3.05) is 27.7 Å². The van der Waals surface area contributed by atoms with Gasteiger partial charge in [0, 0.05) is 40.1 Å². The van der Waals surface area contributed by atoms with Crippen molar-refractivity contribution in [2.45, 2.75) is 13.1 Å². The van der Waals surface area contributed by atoms with Gasteiger partial charge in [-0.1, -0.05) is 41.9 Å². The first-order valence-electron chi connectivity index (χ1n) is 8.41. The summed E-state index contributed by atoms with van der Waals surface area (Å²) in [6, 6.07) is 11.9. The second-order valence-electron chi connectivity index (χ2n) is 6.38. The Bertz CT molecular complexity index is 761. The molecule has 0 aliphatic heterocycles. The molecule has 1 N–H and O–H groups in total. The van der Waals surface area contributed by atoms with E-state index in [0.29, 0.717) is 24.1 Å². The van der Waals surface area contributed by atoms with Crippen LogP contribution in [0.3, 0.4) is 0 Å². The molecule has 1 aromatic carbocycles. The topological polar surface area (TPSA) is 52.9 Å². The lowest BCUT2D eigenvalue weighted by Gasteiger charge is -2.23. The minimum Gasteiger partial charge on any atom is -0.351 e. The van der Waals surface area contributed by atoms with Crippen LogP contribution >= 0.6 is 35.6 Å². The molecule has 1 heterocycles. The van der Waals surface area contributed by atoms with Crippen molar-refractivity contribution in [1.82, 2.24) is 19.7 Å². The summed E-state index contributed by atoms with van der Waals surface area (Å²) in [5.74, 6) is 0.661. The highest BCUT2D eigenvalue weighted by Crippen LogP contribution is 2.14. The van der Waals surface area contributed by atoms with Gasteiger partial charge < -0.3 is 19.7 Å². The van der Waals surface area contributed by atoms with Crippen molar-refractivity contribution >= 4 is 47.4 Å². The standard InChI is InChI=1S/C19H26ClN5O.HI/c1-23(2)18(26)12-22-19(21-11-15-8-6-5-7-9-15)25(4)14-17-10-16(20)13-24(17)3;/h5-10,13H,11-12,14H2,1-4H3,(H,21,22);1H. The largest absolute Gasteiger partial charge is 0.351 e. The van der Waals surface area contributed by atoms with Gasteiger partial charge in [0.2, 0.25) is 5.91 Å². The summed E-state index contributed by atoms with van der Waals surface area (Å²) < 4.78 is 1.98. The minimum absolute atomic E-state index is 0. The Kier molecular flexibility index (Phi) is 9.65. The molecule has 8 heteroatoms. The summed E-state index contributed by atoms with van der Waals surface area (Å²) in [7, 11) is 7.37. The number of aryl methyl sites for hydroxylation is 1. The van der Waals surface area contributed by atoms with Crippen molar-refractivity contribution < 1.29 is 4.79 Å². The van der Waals surface area contributed by atoms with Crippen molar-refractivity contribution in [2.24, 2.45) is 12.0 Å². The molecule has 0 atom stereocenters. The zero-order valence-corrected chi connectivity index (χ0v) is 19.2. The SMILES string of the molecule is CN(C)C(=O)CNC(=NCc1ccccc1)N(C)Cc1cc(Cl)cn1C.I. The molecular formula is C19H27ClIN5O. The third-order valence-electron chi connectivity index (χ3n) is 3.99. The van der Waals surface area contributed by atoms with Crippen molar-refractivity contribution in [1.29, 1.82) is 0 Å². The summed E-state index contributed by atoms with van der Waals surface area (Å²) >= 11 is 6.07. The Morgan fingerprint density at radius 2 is 1.89 bits per heavy atom. The number of guanidine groups is 1. The first-order valence-corrected chi connectivity index (χ1v) is 8.79. The number of nitrogens with one attached hydrogen (secondary N) is 1. The molecule has 2 aromatic rings. The number of aliphatic imine (C=N–C) groups is 1. The van der Waals surface area contributed by atoms with Crippen LogP contribution in [0.4, 0.5) is 0 Å². The van der Waals surface area contributed by atoms with Crippen LogP contribution in [0.1, 0.15) is 11.3 Å². The predicted molar refractivity (Wildman–Crippen MR) is 122 cm³/mol. The maximum atomic E-state index is 11.9. The summed E-state index contributed by atoms with van der Waals surface area (Å²) in [6.07, 6.45) is 1.87. The van der Waals surface area contributed by atoms with Crippen LogP contribution < -0.4 is 5.32 Å². The van der Waals surface area contributed by atoms with Crippen LogP contribution in [-0.4, -0.2) is 53.9 Å². The molecule has 148 valence electrons. The Morgan fingerprint density at radius 3 is 2.44 bits per heavy atom. The maximum Gasteiger partial charge on any atom is 0.241 e. The Balaban J connectivity index is 0.00000364. The van der Waals surface area contributed by atoms with E-state index in [9.17, 15) is 4.79 Å². The molecule has 0 saturated carbocycles. The Morgan fingerprint density at radius 1 is 1.22 bits per heavy atom. The number of halogens is 2. The molecule has 0 bridgehead atoms. The lowest BCUT2D eigenvalue weighted by molar-refractivity contribution is -0.127. The molecule has 6 nitrogen and oxygen atoms in total. The summed E-state index contributed by atoms with van der Waals surface area (Å²) in [5, 5.41) is 3.86. The smallest absolute Gasteiger partial charge is 0.241 e. The average Bonchev–Trinajstić information content (AvgIpc) is 2.92. The number of carbonyl (C=O) groups is 1. The number of nitrogens with zero attached hydrogens (tertiary/aromatic N) is 4. The minimum atomic E-state index is -0.00674. The maximum absolute atomic E-state index is 11.9. The van der Waals surface area contributed by atoms with Crippen LogP contribution in [0, 0.1) is 0 Å². The first-order chi connectivity index (χ1) is 12.4. The van der Waals surface area contributed by atoms with E-state index in [2.05, 4.69) is 10.3 Å². The summed E-state index contributed by atoms with van der Waals surface area (Å²) in [5.41, 5.74) is 2.17. The van der Waals surface area contributed by atoms with E-state index in [4.69, 9.17) is 11.6 Å². The quantitative estimate of drug-likeness (QED) is 0.375. The number of likely N-dealkylation sites (N-methyl/N-ethyl adjacent to an activating group) is 1. The van der Waals surface area contributed by atoms with Gasteiger partial charge in [0.1, 0.15) is 0 Å². The number of aromatic nitrogens is 1. The Hall–Kier alpha value is -1.74. The number of hydrogen-bond acceptors (Lipinski definition) is 2. The molecule has 1 aromatic heterocycles. The lowest BCUT2D eigenvalue weighted by atomic mass is 10.2. The summed E-state index contributed by atoms with van der Waals surface area (Å²) in [6.45, 7) is 1.36. The third-order valence-corrected chi connectivity index (χ3v) is 4.19. The third kappa shape index (κ3) is 7.42. The molecule has 0 fully saturated rings. The molecule has 0 unspecified atom stereocenters. The van der Waals surface area contributed by atoms with E-state index >= 15 is 0 Å². The van der Waals surface area contributed by atoms with Crippen molar-refractivity contribution in [3.05, 3.63) is 58.9 Å². The van der Waals surface area contributed by atoms with Crippen LogP contribution in [0.15, 0.2) is 47.6 Å². The van der Waals surface area contributed by atoms with E-state index < -0.39 is 0 Å². The second kappa shape index (κ2) is 11.2. The Labute approximate surface area is 183 Å². The molecule has 0 radical (unpaired) electrons. The van der Waals surface area contributed by atoms with Crippen LogP contribution in [0.5, 0.6) is 0 Å². The number of carbonyl (C=O) groups excluding carboxylic acids is 1. The van der Waals surface area contributed by atoms with E-state index in [1.54, 1.807) is 19.0 Å². The normalized spacial score (nSPS) is 10.9. The van der Waals surface area contributed by atoms with Crippen molar-refractivity contribution in [3.8, 4) is 0 Å². The zero-order chi connectivity index (χ0) is 19.1. The fourth-order valence-corrected chi connectivity index (χ4v) is 2.69. The first kappa shape index (κ1) is 23.3. The fraction of sp³-hybridized carbons (Fsp3) is 0.368. The fourth-order valence-electron chi connectivity index (χ4n) is 2.42. The molecule has 0 aliphatic carbocycles. The van der Waals surface area contributed by atoms with Gasteiger partial charge in [-0.25, -0.2) is 4.99 Å². The van der Waals surface area contributed by atoms with E-state index in [0.717, 1.165) is 11.3 Å². The van der Waals surface area contributed by atoms with Crippen LogP contribution in [0.2, 0.25) is 5.02 Å². The highest BCUT2D eigenvalue weighted by Gasteiger charge is 2.12. The van der Waals surface area contributed by atoms with Gasteiger partial charge in [-0.2, -0.15) is 0 Å². The van der Waals surface area contributed by atoms with Gasteiger partial charge >= 0.3 is 0 Å². The van der Waals surface area contributed by atoms with Crippen LogP contribution in [0.25, 0.3) is 0 Å². The van der Waals surface area contributed by atoms with E-state index in [1.807, 2.05) is 66.2 Å². The molecule has 1 amide bonds. The number of hydrogen-bond donors (Lipinski definition) is 1. The lowest BCUT2D eigenvalue weighted by Crippen LogP contribution is -2.43. The average molecular weight is 504 g/mol. The predicted octanol–water partition coefficient (Wildman–Crippen LogP) is 2.96. The molecule has 2 rings (SSSR count). The van der Waals surface area contributed by atoms with Gasteiger partial charge in [-0.15, -0.1) is 24.0 Å². The van der Waals surface area contributed by atoms with E-state index in [-0.39, 0.29) is 36.4 Å². The van der Waals surface area contributed by atoms with Gasteiger partial charge in [-0.05, 0) is 11.6 Å². The number of benzene rings is 1. The molecular weight excluding hydrogens is 477 g/mol. The molecule has 0 spiro atoms. The highest BCUT2D eigenvalue weighted by atomic mass is 127. The van der Waals surface area contributed by atoms with E-state index in [1.165, 1.54) is 0 Å². The van der Waals surface area contributed by atoms with Gasteiger partial charge in [-0.3, -0.25) is 4.79 Å². The monoisotopic (exact) mass is 503 g/mol. The van der Waals surface area contributed by atoms with Gasteiger partial charge in [0.05, 0.1) is 24.7 Å². The number of rotatable bonds is 6. The van der Waals surface area contributed by atoms with Crippen LogP contribution in [-0.2, 0) is 24.9 Å². The highest BCUT2D eigenvalue weighted by molar-refractivity contribution is 14.0. The van der Waals surface area contributed by atoms with Gasteiger partial charge in [0.25, 0.3) is 0 Å². The van der Waals surface area contributed by atoms with Gasteiger partial charge in [0.15, 0.2) is 5.96 Å². The second-order valence-corrected chi connectivity index (χ2v) is 6.82.